The number of carbonyl (C=O) groups excluding carboxylic acids is 2. The maximum absolute atomic E-state index is 12.7. The van der Waals surface area contributed by atoms with Crippen LogP contribution >= 0.6 is 38.6 Å². The lowest BCUT2D eigenvalue weighted by atomic mass is 10.1. The third-order valence-corrected chi connectivity index (χ3v) is 7.79. The fourth-order valence-electron chi connectivity index (χ4n) is 3.63. The molecule has 2 aromatic rings. The number of aromatic nitrogens is 1. The van der Waals surface area contributed by atoms with Gasteiger partial charge < -0.3 is 9.80 Å². The van der Waals surface area contributed by atoms with Gasteiger partial charge in [0.1, 0.15) is 10.7 Å². The van der Waals surface area contributed by atoms with Crippen molar-refractivity contribution in [2.45, 2.75) is 25.7 Å². The first-order chi connectivity index (χ1) is 12.6. The molecule has 4 rings (SSSR count). The van der Waals surface area contributed by atoms with Gasteiger partial charge in [-0.15, -0.1) is 22.7 Å². The molecule has 8 heteroatoms. The van der Waals surface area contributed by atoms with E-state index in [1.54, 1.807) is 11.3 Å². The third kappa shape index (κ3) is 3.73. The zero-order valence-corrected chi connectivity index (χ0v) is 17.5. The fourth-order valence-corrected chi connectivity index (χ4v) is 5.93. The van der Waals surface area contributed by atoms with Crippen LogP contribution in [0.5, 0.6) is 0 Å². The molecule has 5 nitrogen and oxygen atoms in total. The van der Waals surface area contributed by atoms with Crippen LogP contribution in [0.2, 0.25) is 0 Å². The van der Waals surface area contributed by atoms with Crippen molar-refractivity contribution in [1.29, 1.82) is 0 Å². The van der Waals surface area contributed by atoms with Crippen molar-refractivity contribution >= 4 is 50.4 Å². The number of carbonyl (C=O) groups is 2. The average molecular weight is 454 g/mol. The summed E-state index contributed by atoms with van der Waals surface area (Å²) in [5, 5.41) is 4.72. The van der Waals surface area contributed by atoms with Crippen LogP contribution in [0.25, 0.3) is 9.88 Å². The van der Waals surface area contributed by atoms with Crippen molar-refractivity contribution in [3.8, 4) is 9.88 Å². The Hall–Kier alpha value is -1.25. The van der Waals surface area contributed by atoms with E-state index in [-0.39, 0.29) is 17.7 Å². The van der Waals surface area contributed by atoms with Gasteiger partial charge in [0.25, 0.3) is 5.91 Å². The summed E-state index contributed by atoms with van der Waals surface area (Å²) >= 11 is 6.56. The van der Waals surface area contributed by atoms with E-state index in [1.807, 2.05) is 26.6 Å². The van der Waals surface area contributed by atoms with Crippen molar-refractivity contribution < 1.29 is 9.59 Å². The highest BCUT2D eigenvalue weighted by molar-refractivity contribution is 9.10. The molecule has 0 atom stereocenters. The van der Waals surface area contributed by atoms with Crippen molar-refractivity contribution in [2.75, 3.05) is 26.2 Å². The van der Waals surface area contributed by atoms with E-state index in [0.717, 1.165) is 27.2 Å². The average Bonchev–Trinajstić information content (AvgIpc) is 3.41. The van der Waals surface area contributed by atoms with Crippen molar-refractivity contribution in [3.05, 3.63) is 27.0 Å². The number of thiophene rings is 1. The quantitative estimate of drug-likeness (QED) is 0.702. The first-order valence-electron chi connectivity index (χ1n) is 8.90. The SMILES string of the molecule is O=C(c1csc(-c2cc(Br)cs2)n1)N1CCN(C(=O)C2CCCC2)CC1. The monoisotopic (exact) mass is 453 g/mol. The Morgan fingerprint density at radius 3 is 2.38 bits per heavy atom. The molecule has 3 heterocycles. The van der Waals surface area contributed by atoms with Crippen LogP contribution in [0.1, 0.15) is 36.2 Å². The molecule has 1 aliphatic carbocycles. The van der Waals surface area contributed by atoms with Crippen LogP contribution < -0.4 is 0 Å². The van der Waals surface area contributed by atoms with Gasteiger partial charge in [0.2, 0.25) is 5.91 Å². The summed E-state index contributed by atoms with van der Waals surface area (Å²) < 4.78 is 1.03. The largest absolute Gasteiger partial charge is 0.339 e. The summed E-state index contributed by atoms with van der Waals surface area (Å²) in [6.45, 7) is 2.45. The lowest BCUT2D eigenvalue weighted by molar-refractivity contribution is -0.136. The summed E-state index contributed by atoms with van der Waals surface area (Å²) in [4.78, 5) is 34.6. The van der Waals surface area contributed by atoms with Crippen molar-refractivity contribution in [2.24, 2.45) is 5.92 Å². The minimum absolute atomic E-state index is 0.0314. The van der Waals surface area contributed by atoms with Crippen LogP contribution in [0.3, 0.4) is 0 Å². The number of nitrogens with zero attached hydrogens (tertiary/aromatic N) is 3. The van der Waals surface area contributed by atoms with E-state index in [4.69, 9.17) is 0 Å². The molecule has 0 bridgehead atoms. The molecule has 0 N–H and O–H groups in total. The highest BCUT2D eigenvalue weighted by Gasteiger charge is 2.31. The number of rotatable bonds is 3. The molecule has 2 aliphatic rings. The summed E-state index contributed by atoms with van der Waals surface area (Å²) in [6.07, 6.45) is 4.39. The Kier molecular flexibility index (Phi) is 5.42. The molecular weight excluding hydrogens is 434 g/mol. The van der Waals surface area contributed by atoms with E-state index in [1.165, 1.54) is 24.2 Å². The smallest absolute Gasteiger partial charge is 0.273 e. The van der Waals surface area contributed by atoms with Gasteiger partial charge in [-0.2, -0.15) is 0 Å². The molecule has 0 unspecified atom stereocenters. The third-order valence-electron chi connectivity index (χ3n) is 5.08. The van der Waals surface area contributed by atoms with Gasteiger partial charge in [0, 0.05) is 47.3 Å². The van der Waals surface area contributed by atoms with Crippen molar-refractivity contribution in [3.63, 3.8) is 0 Å². The normalized spacial score (nSPS) is 18.5. The van der Waals surface area contributed by atoms with Gasteiger partial charge in [0.05, 0.1) is 4.88 Å². The van der Waals surface area contributed by atoms with Gasteiger partial charge in [-0.1, -0.05) is 12.8 Å². The zero-order chi connectivity index (χ0) is 18.1. The summed E-state index contributed by atoms with van der Waals surface area (Å²) in [7, 11) is 0. The van der Waals surface area contributed by atoms with Crippen LogP contribution in [0.4, 0.5) is 0 Å². The molecule has 2 amide bonds. The molecule has 138 valence electrons. The minimum atomic E-state index is -0.0314. The van der Waals surface area contributed by atoms with E-state index >= 15 is 0 Å². The minimum Gasteiger partial charge on any atom is -0.339 e. The number of thiazole rings is 1. The molecule has 1 saturated carbocycles. The van der Waals surface area contributed by atoms with Crippen LogP contribution in [0, 0.1) is 5.92 Å². The summed E-state index contributed by atoms with van der Waals surface area (Å²) in [6, 6.07) is 2.02. The number of hydrogen-bond donors (Lipinski definition) is 0. The maximum atomic E-state index is 12.7. The molecule has 0 aromatic carbocycles. The fraction of sp³-hybridized carbons (Fsp3) is 0.500. The van der Waals surface area contributed by atoms with Crippen molar-refractivity contribution in [1.82, 2.24) is 14.8 Å². The first kappa shape index (κ1) is 18.1. The number of halogens is 1. The lowest BCUT2D eigenvalue weighted by Crippen LogP contribution is -2.51. The molecule has 2 fully saturated rings. The topological polar surface area (TPSA) is 53.5 Å². The highest BCUT2D eigenvalue weighted by atomic mass is 79.9. The lowest BCUT2D eigenvalue weighted by Gasteiger charge is -2.35. The van der Waals surface area contributed by atoms with E-state index in [0.29, 0.717) is 31.9 Å². The second-order valence-corrected chi connectivity index (χ2v) is 9.45. The zero-order valence-electron chi connectivity index (χ0n) is 14.3. The van der Waals surface area contributed by atoms with Gasteiger partial charge in [-0.25, -0.2) is 4.98 Å². The predicted octanol–water partition coefficient (Wildman–Crippen LogP) is 4.11. The summed E-state index contributed by atoms with van der Waals surface area (Å²) in [5.41, 5.74) is 0.505. The Labute approximate surface area is 169 Å². The van der Waals surface area contributed by atoms with Gasteiger partial charge in [-0.05, 0) is 34.8 Å². The van der Waals surface area contributed by atoms with Gasteiger partial charge in [-0.3, -0.25) is 9.59 Å². The highest BCUT2D eigenvalue weighted by Crippen LogP contribution is 2.32. The molecular formula is C18H20BrN3O2S2. The second-order valence-electron chi connectivity index (χ2n) is 6.77. The number of piperazine rings is 1. The van der Waals surface area contributed by atoms with E-state index in [9.17, 15) is 9.59 Å². The number of amides is 2. The first-order valence-corrected chi connectivity index (χ1v) is 11.4. The molecule has 1 saturated heterocycles. The van der Waals surface area contributed by atoms with Gasteiger partial charge >= 0.3 is 0 Å². The standard InChI is InChI=1S/C18H20BrN3O2S2/c19-13-9-15(25-10-13)16-20-14(11-26-16)18(24)22-7-5-21(6-8-22)17(23)12-3-1-2-4-12/h9-12H,1-8H2. The van der Waals surface area contributed by atoms with Gasteiger partial charge in [0.15, 0.2) is 0 Å². The Morgan fingerprint density at radius 1 is 1.04 bits per heavy atom. The predicted molar refractivity (Wildman–Crippen MR) is 108 cm³/mol. The molecule has 26 heavy (non-hydrogen) atoms. The van der Waals surface area contributed by atoms with Crippen LogP contribution in [-0.4, -0.2) is 52.8 Å². The Morgan fingerprint density at radius 2 is 1.73 bits per heavy atom. The molecule has 2 aromatic heterocycles. The number of hydrogen-bond acceptors (Lipinski definition) is 5. The van der Waals surface area contributed by atoms with Crippen LogP contribution in [0.15, 0.2) is 21.3 Å². The molecule has 1 aliphatic heterocycles. The van der Waals surface area contributed by atoms with E-state index in [2.05, 4.69) is 20.9 Å². The Bertz CT molecular complexity index is 805. The van der Waals surface area contributed by atoms with E-state index < -0.39 is 0 Å². The maximum Gasteiger partial charge on any atom is 0.273 e. The molecule has 0 spiro atoms. The second kappa shape index (κ2) is 7.78. The molecule has 0 radical (unpaired) electrons. The Balaban J connectivity index is 1.36. The summed E-state index contributed by atoms with van der Waals surface area (Å²) in [5.74, 6) is 0.466. The van der Waals surface area contributed by atoms with Crippen LogP contribution in [-0.2, 0) is 4.79 Å².